The summed E-state index contributed by atoms with van der Waals surface area (Å²) in [4.78, 5) is 11.6. The standard InChI is InChI=1S/C14H14FNO/c1-2-3-4-13(17)16-14(9-10-14)11-5-7-12(15)8-6-11/h1,5-8H,3-4,9-10H2,(H,16,17). The molecule has 0 radical (unpaired) electrons. The molecule has 0 spiro atoms. The van der Waals surface area contributed by atoms with Crippen LogP contribution >= 0.6 is 0 Å². The van der Waals surface area contributed by atoms with Gasteiger partial charge in [-0.05, 0) is 30.5 Å². The molecule has 0 aromatic heterocycles. The van der Waals surface area contributed by atoms with Gasteiger partial charge in [-0.15, -0.1) is 12.3 Å². The van der Waals surface area contributed by atoms with Crippen LogP contribution in [0.5, 0.6) is 0 Å². The monoisotopic (exact) mass is 231 g/mol. The largest absolute Gasteiger partial charge is 0.347 e. The van der Waals surface area contributed by atoms with E-state index < -0.39 is 0 Å². The van der Waals surface area contributed by atoms with Gasteiger partial charge in [0.25, 0.3) is 0 Å². The lowest BCUT2D eigenvalue weighted by molar-refractivity contribution is -0.122. The zero-order chi connectivity index (χ0) is 12.3. The van der Waals surface area contributed by atoms with Crippen molar-refractivity contribution in [3.05, 3.63) is 35.6 Å². The maximum Gasteiger partial charge on any atom is 0.221 e. The van der Waals surface area contributed by atoms with E-state index in [-0.39, 0.29) is 17.3 Å². The van der Waals surface area contributed by atoms with Crippen LogP contribution in [0.4, 0.5) is 4.39 Å². The van der Waals surface area contributed by atoms with Crippen molar-refractivity contribution < 1.29 is 9.18 Å². The first kappa shape index (κ1) is 11.7. The normalized spacial score (nSPS) is 16.0. The molecule has 0 saturated heterocycles. The molecule has 88 valence electrons. The lowest BCUT2D eigenvalue weighted by Gasteiger charge is -2.17. The second-order valence-electron chi connectivity index (χ2n) is 4.34. The Kier molecular flexibility index (Phi) is 3.14. The molecule has 0 aliphatic heterocycles. The van der Waals surface area contributed by atoms with Crippen LogP contribution in [0.1, 0.15) is 31.2 Å². The summed E-state index contributed by atoms with van der Waals surface area (Å²) < 4.78 is 12.8. The van der Waals surface area contributed by atoms with E-state index in [0.717, 1.165) is 18.4 Å². The van der Waals surface area contributed by atoms with Crippen LogP contribution in [0.25, 0.3) is 0 Å². The zero-order valence-electron chi connectivity index (χ0n) is 9.50. The minimum Gasteiger partial charge on any atom is -0.347 e. The van der Waals surface area contributed by atoms with Crippen molar-refractivity contribution in [1.82, 2.24) is 5.32 Å². The fraction of sp³-hybridized carbons (Fsp3) is 0.357. The van der Waals surface area contributed by atoms with Crippen LogP contribution in [0.3, 0.4) is 0 Å². The average molecular weight is 231 g/mol. The number of hydrogen-bond acceptors (Lipinski definition) is 1. The van der Waals surface area contributed by atoms with E-state index in [2.05, 4.69) is 11.2 Å². The number of carbonyl (C=O) groups is 1. The summed E-state index contributed by atoms with van der Waals surface area (Å²) in [6.45, 7) is 0. The number of halogens is 1. The Bertz CT molecular complexity index is 454. The molecule has 0 atom stereocenters. The third-order valence-corrected chi connectivity index (χ3v) is 3.02. The highest BCUT2D eigenvalue weighted by Crippen LogP contribution is 2.45. The van der Waals surface area contributed by atoms with Crippen LogP contribution in [0.15, 0.2) is 24.3 Å². The summed E-state index contributed by atoms with van der Waals surface area (Å²) in [5, 5.41) is 2.98. The maximum atomic E-state index is 12.8. The summed E-state index contributed by atoms with van der Waals surface area (Å²) in [5.41, 5.74) is 0.687. The van der Waals surface area contributed by atoms with Crippen molar-refractivity contribution in [3.63, 3.8) is 0 Å². The van der Waals surface area contributed by atoms with Gasteiger partial charge in [0.05, 0.1) is 5.54 Å². The smallest absolute Gasteiger partial charge is 0.221 e. The van der Waals surface area contributed by atoms with Crippen molar-refractivity contribution in [2.75, 3.05) is 0 Å². The zero-order valence-corrected chi connectivity index (χ0v) is 9.50. The Morgan fingerprint density at radius 2 is 2.06 bits per heavy atom. The predicted octanol–water partition coefficient (Wildman–Crippen LogP) is 2.34. The fourth-order valence-corrected chi connectivity index (χ4v) is 1.89. The first-order valence-electron chi connectivity index (χ1n) is 5.67. The molecule has 1 aromatic rings. The van der Waals surface area contributed by atoms with Crippen LogP contribution in [0.2, 0.25) is 0 Å². The van der Waals surface area contributed by atoms with Gasteiger partial charge < -0.3 is 5.32 Å². The van der Waals surface area contributed by atoms with Gasteiger partial charge in [0.15, 0.2) is 0 Å². The Morgan fingerprint density at radius 3 is 2.59 bits per heavy atom. The third-order valence-electron chi connectivity index (χ3n) is 3.02. The molecule has 1 fully saturated rings. The Hall–Kier alpha value is -1.82. The molecule has 17 heavy (non-hydrogen) atoms. The quantitative estimate of drug-likeness (QED) is 0.792. The van der Waals surface area contributed by atoms with Gasteiger partial charge in [0.1, 0.15) is 5.82 Å². The van der Waals surface area contributed by atoms with Gasteiger partial charge in [-0.2, -0.15) is 0 Å². The summed E-state index contributed by atoms with van der Waals surface area (Å²) in [7, 11) is 0. The number of terminal acetylenes is 1. The Morgan fingerprint density at radius 1 is 1.41 bits per heavy atom. The second-order valence-corrected chi connectivity index (χ2v) is 4.34. The van der Waals surface area contributed by atoms with Crippen LogP contribution in [-0.4, -0.2) is 5.91 Å². The highest BCUT2D eigenvalue weighted by atomic mass is 19.1. The number of carbonyl (C=O) groups excluding carboxylic acids is 1. The Labute approximate surface area is 100 Å². The van der Waals surface area contributed by atoms with E-state index in [1.807, 2.05) is 0 Å². The lowest BCUT2D eigenvalue weighted by atomic mass is 10.0. The van der Waals surface area contributed by atoms with E-state index in [1.54, 1.807) is 12.1 Å². The van der Waals surface area contributed by atoms with Crippen molar-refractivity contribution >= 4 is 5.91 Å². The van der Waals surface area contributed by atoms with E-state index in [1.165, 1.54) is 12.1 Å². The number of amides is 1. The Balaban J connectivity index is 2.03. The molecule has 1 aromatic carbocycles. The SMILES string of the molecule is C#CCCC(=O)NC1(c2ccc(F)cc2)CC1. The van der Waals surface area contributed by atoms with Gasteiger partial charge in [-0.3, -0.25) is 4.79 Å². The minimum absolute atomic E-state index is 0.0372. The van der Waals surface area contributed by atoms with Crippen molar-refractivity contribution in [2.45, 2.75) is 31.2 Å². The summed E-state index contributed by atoms with van der Waals surface area (Å²) in [6.07, 6.45) is 7.72. The molecular formula is C14H14FNO. The van der Waals surface area contributed by atoms with E-state index in [4.69, 9.17) is 6.42 Å². The predicted molar refractivity (Wildman–Crippen MR) is 63.5 cm³/mol. The topological polar surface area (TPSA) is 29.1 Å². The van der Waals surface area contributed by atoms with Gasteiger partial charge in [-0.25, -0.2) is 4.39 Å². The molecule has 1 amide bonds. The van der Waals surface area contributed by atoms with Gasteiger partial charge >= 0.3 is 0 Å². The van der Waals surface area contributed by atoms with Crippen molar-refractivity contribution in [1.29, 1.82) is 0 Å². The molecule has 1 saturated carbocycles. The van der Waals surface area contributed by atoms with Crippen molar-refractivity contribution in [3.8, 4) is 12.3 Å². The van der Waals surface area contributed by atoms with Crippen molar-refractivity contribution in [2.24, 2.45) is 0 Å². The van der Waals surface area contributed by atoms with E-state index in [0.29, 0.717) is 12.8 Å². The van der Waals surface area contributed by atoms with E-state index >= 15 is 0 Å². The molecular weight excluding hydrogens is 217 g/mol. The summed E-state index contributed by atoms with van der Waals surface area (Å²) >= 11 is 0. The summed E-state index contributed by atoms with van der Waals surface area (Å²) in [6, 6.07) is 6.29. The molecule has 0 heterocycles. The highest BCUT2D eigenvalue weighted by Gasteiger charge is 2.45. The minimum atomic E-state index is -0.278. The molecule has 0 unspecified atom stereocenters. The van der Waals surface area contributed by atoms with Gasteiger partial charge in [-0.1, -0.05) is 12.1 Å². The molecule has 2 rings (SSSR count). The number of benzene rings is 1. The first-order valence-corrected chi connectivity index (χ1v) is 5.67. The molecule has 1 aliphatic carbocycles. The first-order chi connectivity index (χ1) is 8.16. The van der Waals surface area contributed by atoms with Gasteiger partial charge in [0, 0.05) is 12.8 Å². The fourth-order valence-electron chi connectivity index (χ4n) is 1.89. The molecule has 1 N–H and O–H groups in total. The third kappa shape index (κ3) is 2.65. The molecule has 1 aliphatic rings. The molecule has 3 heteroatoms. The van der Waals surface area contributed by atoms with Gasteiger partial charge in [0.2, 0.25) is 5.91 Å². The highest BCUT2D eigenvalue weighted by molar-refractivity contribution is 5.77. The van der Waals surface area contributed by atoms with Crippen LogP contribution in [-0.2, 0) is 10.3 Å². The lowest BCUT2D eigenvalue weighted by Crippen LogP contribution is -2.34. The van der Waals surface area contributed by atoms with Crippen LogP contribution < -0.4 is 5.32 Å². The van der Waals surface area contributed by atoms with E-state index in [9.17, 15) is 9.18 Å². The number of rotatable bonds is 4. The molecule has 2 nitrogen and oxygen atoms in total. The summed E-state index contributed by atoms with van der Waals surface area (Å²) in [5.74, 6) is 2.14. The maximum absolute atomic E-state index is 12.8. The number of hydrogen-bond donors (Lipinski definition) is 1. The number of nitrogens with one attached hydrogen (secondary N) is 1. The second kappa shape index (κ2) is 4.58. The molecule has 0 bridgehead atoms. The van der Waals surface area contributed by atoms with Crippen LogP contribution in [0, 0.1) is 18.2 Å². The average Bonchev–Trinajstić information content (AvgIpc) is 3.08.